The van der Waals surface area contributed by atoms with Crippen LogP contribution in [0.25, 0.3) is 0 Å². The Balaban J connectivity index is 1.47. The number of rotatable bonds is 7. The van der Waals surface area contributed by atoms with Crippen molar-refractivity contribution in [1.82, 2.24) is 19.7 Å². The Kier molecular flexibility index (Phi) is 7.95. The lowest BCUT2D eigenvalue weighted by Crippen LogP contribution is -2.49. The molecule has 2 heterocycles. The minimum atomic E-state index is -0.565. The van der Waals surface area contributed by atoms with Crippen molar-refractivity contribution in [3.8, 4) is 0 Å². The minimum absolute atomic E-state index is 0.00496. The van der Waals surface area contributed by atoms with Gasteiger partial charge in [-0.05, 0) is 37.1 Å². The van der Waals surface area contributed by atoms with Crippen molar-refractivity contribution in [2.24, 2.45) is 0 Å². The van der Waals surface area contributed by atoms with E-state index in [1.54, 1.807) is 21.7 Å². The fraction of sp³-hybridized carbons (Fsp3) is 0.321. The van der Waals surface area contributed by atoms with Crippen LogP contribution in [-0.2, 0) is 13.1 Å². The Morgan fingerprint density at radius 1 is 0.917 bits per heavy atom. The molecular weight excluding hydrogens is 459 g/mol. The number of pyridine rings is 1. The molecule has 2 amide bonds. The molecule has 36 heavy (non-hydrogen) atoms. The van der Waals surface area contributed by atoms with Crippen LogP contribution < -0.4 is 10.7 Å². The first-order chi connectivity index (χ1) is 17.3. The summed E-state index contributed by atoms with van der Waals surface area (Å²) in [5, 5.41) is 2.79. The molecule has 0 aliphatic carbocycles. The highest BCUT2D eigenvalue weighted by Gasteiger charge is 2.26. The van der Waals surface area contributed by atoms with Gasteiger partial charge >= 0.3 is 0 Å². The molecular formula is C28H31FN4O3. The lowest BCUT2D eigenvalue weighted by atomic mass is 10.1. The Morgan fingerprint density at radius 3 is 2.25 bits per heavy atom. The van der Waals surface area contributed by atoms with Gasteiger partial charge in [-0.2, -0.15) is 0 Å². The molecule has 0 bridgehead atoms. The summed E-state index contributed by atoms with van der Waals surface area (Å²) < 4.78 is 15.2. The quantitative estimate of drug-likeness (QED) is 0.551. The fourth-order valence-corrected chi connectivity index (χ4v) is 4.26. The molecule has 188 valence electrons. The summed E-state index contributed by atoms with van der Waals surface area (Å²) in [4.78, 5) is 43.3. The molecule has 1 aromatic heterocycles. The average Bonchev–Trinajstić information content (AvgIpc) is 2.88. The van der Waals surface area contributed by atoms with Gasteiger partial charge in [-0.25, -0.2) is 4.39 Å². The lowest BCUT2D eigenvalue weighted by molar-refractivity contribution is 0.0626. The zero-order chi connectivity index (χ0) is 25.7. The van der Waals surface area contributed by atoms with E-state index in [2.05, 4.69) is 10.2 Å². The van der Waals surface area contributed by atoms with Crippen LogP contribution >= 0.6 is 0 Å². The van der Waals surface area contributed by atoms with Crippen molar-refractivity contribution < 1.29 is 14.0 Å². The van der Waals surface area contributed by atoms with Crippen LogP contribution in [0.15, 0.2) is 71.8 Å². The molecule has 0 spiro atoms. The first-order valence-electron chi connectivity index (χ1n) is 12.2. The first-order valence-corrected chi connectivity index (χ1v) is 12.2. The van der Waals surface area contributed by atoms with Gasteiger partial charge in [-0.1, -0.05) is 42.5 Å². The number of carbonyl (C=O) groups excluding carboxylic acids is 2. The maximum atomic E-state index is 13.5. The lowest BCUT2D eigenvalue weighted by Gasteiger charge is -2.34. The molecule has 4 rings (SSSR count). The highest BCUT2D eigenvalue weighted by atomic mass is 19.1. The highest BCUT2D eigenvalue weighted by molar-refractivity contribution is 5.99. The predicted octanol–water partition coefficient (Wildman–Crippen LogP) is 3.46. The van der Waals surface area contributed by atoms with Crippen LogP contribution in [0, 0.1) is 5.82 Å². The second-order valence-corrected chi connectivity index (χ2v) is 9.32. The van der Waals surface area contributed by atoms with Gasteiger partial charge in [0, 0.05) is 57.7 Å². The molecule has 1 N–H and O–H groups in total. The zero-order valence-corrected chi connectivity index (χ0v) is 20.6. The van der Waals surface area contributed by atoms with Gasteiger partial charge < -0.3 is 14.8 Å². The molecule has 3 aromatic rings. The predicted molar refractivity (Wildman–Crippen MR) is 136 cm³/mol. The van der Waals surface area contributed by atoms with Gasteiger partial charge in [0.25, 0.3) is 11.8 Å². The molecule has 0 unspecified atom stereocenters. The molecule has 2 aromatic carbocycles. The zero-order valence-electron chi connectivity index (χ0n) is 20.6. The van der Waals surface area contributed by atoms with E-state index in [0.29, 0.717) is 32.7 Å². The van der Waals surface area contributed by atoms with Crippen molar-refractivity contribution in [3.63, 3.8) is 0 Å². The van der Waals surface area contributed by atoms with Gasteiger partial charge in [0.1, 0.15) is 16.9 Å². The van der Waals surface area contributed by atoms with Gasteiger partial charge in [0.2, 0.25) is 5.43 Å². The summed E-state index contributed by atoms with van der Waals surface area (Å²) in [5.74, 6) is -1.15. The summed E-state index contributed by atoms with van der Waals surface area (Å²) >= 11 is 0. The largest absolute Gasteiger partial charge is 0.350 e. The van der Waals surface area contributed by atoms with Gasteiger partial charge in [-0.3, -0.25) is 19.3 Å². The topological polar surface area (TPSA) is 74.6 Å². The average molecular weight is 491 g/mol. The Hall–Kier alpha value is -3.78. The summed E-state index contributed by atoms with van der Waals surface area (Å²) in [6.45, 7) is 6.84. The molecule has 7 nitrogen and oxygen atoms in total. The number of hydrogen-bond donors (Lipinski definition) is 1. The number of nitrogens with zero attached hydrogens (tertiary/aromatic N) is 3. The number of piperazine rings is 1. The van der Waals surface area contributed by atoms with E-state index < -0.39 is 11.3 Å². The number of nitrogens with one attached hydrogen (secondary N) is 1. The van der Waals surface area contributed by atoms with E-state index in [1.807, 2.05) is 50.2 Å². The monoisotopic (exact) mass is 490 g/mol. The summed E-state index contributed by atoms with van der Waals surface area (Å²) in [6.07, 6.45) is 3.06. The Morgan fingerprint density at radius 2 is 1.58 bits per heavy atom. The van der Waals surface area contributed by atoms with Gasteiger partial charge in [0.15, 0.2) is 0 Å². The standard InChI is InChI=1S/C28H31FN4O3/c1-20(2)33-18-24(27(35)30-16-21-7-4-3-5-8-21)26(34)25(19-33)28(36)32-13-11-31(12-14-32)17-22-9-6-10-23(29)15-22/h3-10,15,18-20H,11-14,16-17H2,1-2H3,(H,30,35). The van der Waals surface area contributed by atoms with Gasteiger partial charge in [-0.15, -0.1) is 0 Å². The first kappa shape index (κ1) is 25.3. The van der Waals surface area contributed by atoms with E-state index in [0.717, 1.165) is 11.1 Å². The SMILES string of the molecule is CC(C)n1cc(C(=O)NCc2ccccc2)c(=O)c(C(=O)N2CCN(Cc3cccc(F)c3)CC2)c1. The van der Waals surface area contributed by atoms with Crippen LogP contribution in [0.5, 0.6) is 0 Å². The minimum Gasteiger partial charge on any atom is -0.350 e. The number of hydrogen-bond acceptors (Lipinski definition) is 4. The third-order valence-corrected chi connectivity index (χ3v) is 6.37. The molecule has 1 aliphatic rings. The van der Waals surface area contributed by atoms with Crippen LogP contribution in [0.2, 0.25) is 0 Å². The van der Waals surface area contributed by atoms with Crippen molar-refractivity contribution in [2.75, 3.05) is 26.2 Å². The van der Waals surface area contributed by atoms with E-state index in [4.69, 9.17) is 0 Å². The van der Waals surface area contributed by atoms with Crippen molar-refractivity contribution in [3.05, 3.63) is 105 Å². The normalized spacial score (nSPS) is 14.2. The number of benzene rings is 2. The van der Waals surface area contributed by atoms with Crippen LogP contribution in [0.4, 0.5) is 4.39 Å². The van der Waals surface area contributed by atoms with Crippen molar-refractivity contribution in [1.29, 1.82) is 0 Å². The highest BCUT2D eigenvalue weighted by Crippen LogP contribution is 2.14. The number of aromatic nitrogens is 1. The molecule has 1 fully saturated rings. The third-order valence-electron chi connectivity index (χ3n) is 6.37. The Labute approximate surface area is 210 Å². The van der Waals surface area contributed by atoms with Crippen molar-refractivity contribution >= 4 is 11.8 Å². The number of halogens is 1. The molecule has 1 saturated heterocycles. The van der Waals surface area contributed by atoms with E-state index >= 15 is 0 Å². The van der Waals surface area contributed by atoms with Crippen LogP contribution in [-0.4, -0.2) is 52.4 Å². The van der Waals surface area contributed by atoms with Crippen molar-refractivity contribution in [2.45, 2.75) is 33.0 Å². The van der Waals surface area contributed by atoms with E-state index in [-0.39, 0.29) is 35.4 Å². The Bertz CT molecular complexity index is 1280. The van der Waals surface area contributed by atoms with Gasteiger partial charge in [0.05, 0.1) is 0 Å². The summed E-state index contributed by atoms with van der Waals surface area (Å²) in [6, 6.07) is 15.9. The second-order valence-electron chi connectivity index (χ2n) is 9.32. The van der Waals surface area contributed by atoms with Crippen LogP contribution in [0.1, 0.15) is 51.7 Å². The molecule has 8 heteroatoms. The second kappa shape index (κ2) is 11.3. The maximum absolute atomic E-state index is 13.5. The molecule has 0 radical (unpaired) electrons. The van der Waals surface area contributed by atoms with Crippen LogP contribution in [0.3, 0.4) is 0 Å². The summed E-state index contributed by atoms with van der Waals surface area (Å²) in [7, 11) is 0. The number of carbonyl (C=O) groups is 2. The summed E-state index contributed by atoms with van der Waals surface area (Å²) in [5.41, 5.74) is 1.18. The molecule has 0 saturated carbocycles. The molecule has 0 atom stereocenters. The third kappa shape index (κ3) is 6.07. The smallest absolute Gasteiger partial charge is 0.259 e. The maximum Gasteiger partial charge on any atom is 0.259 e. The van der Waals surface area contributed by atoms with E-state index in [9.17, 15) is 18.8 Å². The van der Waals surface area contributed by atoms with E-state index in [1.165, 1.54) is 18.3 Å². The number of amides is 2. The fourth-order valence-electron chi connectivity index (χ4n) is 4.26. The molecule has 1 aliphatic heterocycles.